The van der Waals surface area contributed by atoms with Crippen LogP contribution in [0.25, 0.3) is 0 Å². The molecule has 2 rings (SSSR count). The van der Waals surface area contributed by atoms with Gasteiger partial charge in [0.15, 0.2) is 16.8 Å². The third kappa shape index (κ3) is 11.3. The van der Waals surface area contributed by atoms with Crippen molar-refractivity contribution in [2.45, 2.75) is 115 Å². The molecule has 1 aromatic rings. The molecule has 1 saturated heterocycles. The monoisotopic (exact) mass is 608 g/mol. The highest BCUT2D eigenvalue weighted by atomic mass is 35.5. The first-order valence-electron chi connectivity index (χ1n) is 15.2. The first-order valence-corrected chi connectivity index (χ1v) is 15.6. The average Bonchev–Trinajstić information content (AvgIpc) is 3.51. The maximum Gasteiger partial charge on any atom is 0.347 e. The Morgan fingerprint density at radius 3 is 2.14 bits per heavy atom. The number of halogens is 1. The van der Waals surface area contributed by atoms with E-state index in [1.165, 1.54) is 65.7 Å². The fourth-order valence-electron chi connectivity index (χ4n) is 4.85. The predicted octanol–water partition coefficient (Wildman–Crippen LogP) is 4.96. The minimum atomic E-state index is -2.06. The second-order valence-electron chi connectivity index (χ2n) is 11.6. The zero-order chi connectivity index (χ0) is 31.0. The number of amides is 1. The number of ether oxygens (including phenoxy) is 2. The molecule has 0 aromatic heterocycles. The molecule has 11 heteroatoms. The van der Waals surface area contributed by atoms with E-state index in [4.69, 9.17) is 21.1 Å². The summed E-state index contributed by atoms with van der Waals surface area (Å²) in [4.78, 5) is 50.3. The molecular formula is C31H49ClN4O6. The van der Waals surface area contributed by atoms with E-state index in [9.17, 15) is 19.2 Å². The molecule has 0 bridgehead atoms. The van der Waals surface area contributed by atoms with Crippen LogP contribution in [0.5, 0.6) is 0 Å². The molecule has 1 aliphatic heterocycles. The van der Waals surface area contributed by atoms with Crippen LogP contribution in [-0.4, -0.2) is 53.8 Å². The molecule has 0 radical (unpaired) electrons. The minimum Gasteiger partial charge on any atom is -0.463 e. The highest BCUT2D eigenvalue weighted by molar-refractivity contribution is 6.49. The molecule has 236 valence electrons. The average molecular weight is 609 g/mol. The van der Waals surface area contributed by atoms with Gasteiger partial charge in [-0.1, -0.05) is 108 Å². The predicted molar refractivity (Wildman–Crippen MR) is 163 cm³/mol. The summed E-state index contributed by atoms with van der Waals surface area (Å²) in [5.74, 6) is -2.80. The van der Waals surface area contributed by atoms with Gasteiger partial charge in [-0.3, -0.25) is 14.4 Å². The van der Waals surface area contributed by atoms with Gasteiger partial charge in [0, 0.05) is 17.6 Å². The molecule has 1 amide bonds. The molecular weight excluding hydrogens is 560 g/mol. The van der Waals surface area contributed by atoms with E-state index in [0.29, 0.717) is 5.69 Å². The molecule has 1 fully saturated rings. The number of hydrogen-bond acceptors (Lipinski definition) is 9. The number of rotatable bonds is 20. The summed E-state index contributed by atoms with van der Waals surface area (Å²) in [6.07, 6.45) is 10.2. The Hall–Kier alpha value is -2.53. The number of Topliss-reactive ketones (excluding diaryl/α,β-unsaturated/α-hetero) is 1. The summed E-state index contributed by atoms with van der Waals surface area (Å²) in [6, 6.07) is 7.83. The Morgan fingerprint density at radius 2 is 1.57 bits per heavy atom. The molecule has 1 aromatic carbocycles. The van der Waals surface area contributed by atoms with E-state index >= 15 is 0 Å². The minimum absolute atomic E-state index is 0.180. The second kappa shape index (κ2) is 18.2. The van der Waals surface area contributed by atoms with Crippen molar-refractivity contribution in [1.82, 2.24) is 16.4 Å². The molecule has 0 aliphatic carbocycles. The standard InChI is InChI=1S/C31H49ClN4O6/c1-5-6-7-8-9-10-11-12-13-17-20-41-27(38)23(2)42-26(37)21-30(3,4)28(39)31(32,25-22-33-36-35-25)29(40)34-24-18-15-14-16-19-24/h14-16,18-19,23,25,33,35-36H,5-13,17,20-22H2,1-4H3,(H,34,40). The number of alkyl halides is 1. The lowest BCUT2D eigenvalue weighted by Crippen LogP contribution is -2.62. The summed E-state index contributed by atoms with van der Waals surface area (Å²) in [6.45, 7) is 7.14. The van der Waals surface area contributed by atoms with E-state index in [1.54, 1.807) is 30.3 Å². The number of ketones is 1. The summed E-state index contributed by atoms with van der Waals surface area (Å²) >= 11 is 6.83. The van der Waals surface area contributed by atoms with E-state index in [0.717, 1.165) is 19.3 Å². The van der Waals surface area contributed by atoms with Gasteiger partial charge in [-0.05, 0) is 25.5 Å². The highest BCUT2D eigenvalue weighted by Crippen LogP contribution is 2.36. The molecule has 0 spiro atoms. The van der Waals surface area contributed by atoms with Gasteiger partial charge in [0.2, 0.25) is 0 Å². The van der Waals surface area contributed by atoms with Crippen LogP contribution in [0.2, 0.25) is 0 Å². The Bertz CT molecular complexity index is 1000. The SMILES string of the molecule is CCCCCCCCCCCCOC(=O)C(C)OC(=O)CC(C)(C)C(=O)C(Cl)(C(=O)Nc1ccccc1)C1CNNN1. The largest absolute Gasteiger partial charge is 0.463 e. The van der Waals surface area contributed by atoms with Crippen LogP contribution in [0.1, 0.15) is 98.3 Å². The van der Waals surface area contributed by atoms with Crippen LogP contribution in [0.4, 0.5) is 5.69 Å². The van der Waals surface area contributed by atoms with Gasteiger partial charge >= 0.3 is 11.9 Å². The third-order valence-corrected chi connectivity index (χ3v) is 8.00. The smallest absolute Gasteiger partial charge is 0.347 e. The molecule has 10 nitrogen and oxygen atoms in total. The van der Waals surface area contributed by atoms with E-state index in [1.807, 2.05) is 0 Å². The fraction of sp³-hybridized carbons (Fsp3) is 0.677. The topological polar surface area (TPSA) is 135 Å². The fourth-order valence-corrected chi connectivity index (χ4v) is 5.28. The normalized spacial score (nSPS) is 17.2. The zero-order valence-corrected chi connectivity index (χ0v) is 26.3. The van der Waals surface area contributed by atoms with E-state index in [-0.39, 0.29) is 19.6 Å². The molecule has 1 aliphatic rings. The molecule has 4 N–H and O–H groups in total. The third-order valence-electron chi connectivity index (χ3n) is 7.40. The number of unbranched alkanes of at least 4 members (excludes halogenated alkanes) is 9. The summed E-state index contributed by atoms with van der Waals surface area (Å²) in [5.41, 5.74) is 7.36. The van der Waals surface area contributed by atoms with Crippen LogP contribution in [0, 0.1) is 5.41 Å². The van der Waals surface area contributed by atoms with Gasteiger partial charge < -0.3 is 14.8 Å². The quantitative estimate of drug-likeness (QED) is 0.0700. The Kier molecular flexibility index (Phi) is 15.5. The molecule has 3 unspecified atom stereocenters. The van der Waals surface area contributed by atoms with Crippen LogP contribution >= 0.6 is 11.6 Å². The number of para-hydroxylation sites is 1. The summed E-state index contributed by atoms with van der Waals surface area (Å²) in [5, 5.41) is 2.70. The Morgan fingerprint density at radius 1 is 0.976 bits per heavy atom. The molecule has 3 atom stereocenters. The maximum atomic E-state index is 13.8. The lowest BCUT2D eigenvalue weighted by atomic mass is 9.75. The van der Waals surface area contributed by atoms with Crippen molar-refractivity contribution in [3.63, 3.8) is 0 Å². The Balaban J connectivity index is 1.82. The van der Waals surface area contributed by atoms with Crippen molar-refractivity contribution in [2.75, 3.05) is 18.5 Å². The van der Waals surface area contributed by atoms with Crippen molar-refractivity contribution in [3.05, 3.63) is 30.3 Å². The van der Waals surface area contributed by atoms with Crippen LogP contribution in [0.3, 0.4) is 0 Å². The lowest BCUT2D eigenvalue weighted by molar-refractivity contribution is -0.168. The number of carbonyl (C=O) groups is 4. The molecule has 0 saturated carbocycles. The van der Waals surface area contributed by atoms with Crippen LogP contribution < -0.4 is 21.7 Å². The second-order valence-corrected chi connectivity index (χ2v) is 12.2. The van der Waals surface area contributed by atoms with Gasteiger partial charge in [-0.25, -0.2) is 15.6 Å². The number of esters is 2. The van der Waals surface area contributed by atoms with Gasteiger partial charge in [-0.2, -0.15) is 5.53 Å². The summed E-state index contributed by atoms with van der Waals surface area (Å²) < 4.78 is 10.6. The summed E-state index contributed by atoms with van der Waals surface area (Å²) in [7, 11) is 0. The number of carbonyl (C=O) groups excluding carboxylic acids is 4. The van der Waals surface area contributed by atoms with Crippen molar-refractivity contribution in [1.29, 1.82) is 0 Å². The first-order chi connectivity index (χ1) is 20.0. The zero-order valence-electron chi connectivity index (χ0n) is 25.6. The van der Waals surface area contributed by atoms with Crippen molar-refractivity contribution in [2.24, 2.45) is 5.41 Å². The van der Waals surface area contributed by atoms with Crippen molar-refractivity contribution >= 4 is 40.9 Å². The molecule has 42 heavy (non-hydrogen) atoms. The number of hydrogen-bond donors (Lipinski definition) is 4. The van der Waals surface area contributed by atoms with Crippen molar-refractivity contribution in [3.8, 4) is 0 Å². The number of anilines is 1. The van der Waals surface area contributed by atoms with Gasteiger partial charge in [0.25, 0.3) is 5.91 Å². The Labute approximate surface area is 255 Å². The van der Waals surface area contributed by atoms with Crippen LogP contribution in [-0.2, 0) is 28.7 Å². The first kappa shape index (κ1) is 35.7. The molecule has 1 heterocycles. The maximum absolute atomic E-state index is 13.8. The lowest BCUT2D eigenvalue weighted by Gasteiger charge is -2.36. The van der Waals surface area contributed by atoms with Gasteiger partial charge in [0.05, 0.1) is 19.1 Å². The van der Waals surface area contributed by atoms with E-state index in [2.05, 4.69) is 28.6 Å². The van der Waals surface area contributed by atoms with Gasteiger partial charge in [0.1, 0.15) is 0 Å². The number of nitrogens with one attached hydrogen (secondary N) is 4. The van der Waals surface area contributed by atoms with E-state index < -0.39 is 46.1 Å². The van der Waals surface area contributed by atoms with Crippen LogP contribution in [0.15, 0.2) is 30.3 Å². The highest BCUT2D eigenvalue weighted by Gasteiger charge is 2.56. The van der Waals surface area contributed by atoms with Crippen molar-refractivity contribution < 1.29 is 28.7 Å². The van der Waals surface area contributed by atoms with Gasteiger partial charge in [-0.15, -0.1) is 0 Å². The number of benzene rings is 1. The number of hydrazine groups is 2.